The summed E-state index contributed by atoms with van der Waals surface area (Å²) in [6.45, 7) is 5.87. The Kier molecular flexibility index (Phi) is 2.26. The normalized spacial score (nSPS) is 13.6. The van der Waals surface area contributed by atoms with E-state index in [-0.39, 0.29) is 12.4 Å². The molecule has 0 unspecified atom stereocenters. The zero-order valence-corrected chi connectivity index (χ0v) is 10.5. The Morgan fingerprint density at radius 1 is 1.11 bits per heavy atom. The van der Waals surface area contributed by atoms with Crippen LogP contribution in [0.3, 0.4) is 0 Å². The fourth-order valence-electron chi connectivity index (χ4n) is 2.32. The van der Waals surface area contributed by atoms with Gasteiger partial charge in [0.15, 0.2) is 5.76 Å². The summed E-state index contributed by atoms with van der Waals surface area (Å²) >= 11 is 0. The van der Waals surface area contributed by atoms with E-state index in [4.69, 9.17) is 9.26 Å². The minimum atomic E-state index is -0.0579. The number of fused-ring (bicyclic) bond motifs is 2. The van der Waals surface area contributed by atoms with Crippen LogP contribution < -0.4 is 4.74 Å². The third-order valence-corrected chi connectivity index (χ3v) is 3.30. The molecule has 2 heterocycles. The molecule has 0 bridgehead atoms. The number of hydrogen-bond donors (Lipinski definition) is 0. The maximum absolute atomic E-state index is 12.6. The Balaban J connectivity index is 2.31. The minimum absolute atomic E-state index is 0.0579. The Bertz CT molecular complexity index is 655. The number of ketones is 1. The number of carbonyl (C=O) groups excluding carboxylic acids is 1. The second kappa shape index (κ2) is 3.70. The lowest BCUT2D eigenvalue weighted by Gasteiger charge is -2.11. The molecule has 3 rings (SSSR count). The second-order valence-electron chi connectivity index (χ2n) is 4.59. The number of aromatic nitrogens is 1. The summed E-state index contributed by atoms with van der Waals surface area (Å²) in [7, 11) is 0. The molecule has 92 valence electrons. The summed E-state index contributed by atoms with van der Waals surface area (Å²) in [5.74, 6) is 1.11. The van der Waals surface area contributed by atoms with Crippen LogP contribution in [0.4, 0.5) is 0 Å². The van der Waals surface area contributed by atoms with Gasteiger partial charge in [0.2, 0.25) is 5.78 Å². The minimum Gasteiger partial charge on any atom is -0.484 e. The molecule has 0 radical (unpaired) electrons. The SMILES string of the molecule is Cc1ccc(C)c2c1OCc1onc(C)c1C2=O. The van der Waals surface area contributed by atoms with E-state index >= 15 is 0 Å². The van der Waals surface area contributed by atoms with Crippen LogP contribution in [-0.2, 0) is 6.61 Å². The van der Waals surface area contributed by atoms with E-state index in [0.717, 1.165) is 11.1 Å². The number of nitrogens with zero attached hydrogens (tertiary/aromatic N) is 1. The lowest BCUT2D eigenvalue weighted by atomic mass is 9.96. The van der Waals surface area contributed by atoms with Crippen molar-refractivity contribution in [2.75, 3.05) is 0 Å². The molecular weight excluding hydrogens is 230 g/mol. The van der Waals surface area contributed by atoms with Crippen LogP contribution in [0.5, 0.6) is 5.75 Å². The summed E-state index contributed by atoms with van der Waals surface area (Å²) in [6, 6.07) is 3.89. The number of ether oxygens (including phenoxy) is 1. The largest absolute Gasteiger partial charge is 0.484 e. The van der Waals surface area contributed by atoms with Gasteiger partial charge in [0.1, 0.15) is 12.4 Å². The molecule has 0 atom stereocenters. The summed E-state index contributed by atoms with van der Waals surface area (Å²) in [6.07, 6.45) is 0. The van der Waals surface area contributed by atoms with Crippen molar-refractivity contribution >= 4 is 5.78 Å². The molecule has 0 saturated heterocycles. The van der Waals surface area contributed by atoms with Crippen molar-refractivity contribution in [2.24, 2.45) is 0 Å². The van der Waals surface area contributed by atoms with E-state index in [1.54, 1.807) is 6.92 Å². The van der Waals surface area contributed by atoms with Crippen LogP contribution in [0.2, 0.25) is 0 Å². The van der Waals surface area contributed by atoms with E-state index in [1.165, 1.54) is 0 Å². The van der Waals surface area contributed by atoms with Gasteiger partial charge in [-0.05, 0) is 31.9 Å². The van der Waals surface area contributed by atoms with Crippen LogP contribution in [0.15, 0.2) is 16.7 Å². The van der Waals surface area contributed by atoms with Gasteiger partial charge in [0.05, 0.1) is 16.8 Å². The molecule has 4 nitrogen and oxygen atoms in total. The highest BCUT2D eigenvalue weighted by Crippen LogP contribution is 2.34. The fourth-order valence-corrected chi connectivity index (χ4v) is 2.32. The Morgan fingerprint density at radius 2 is 1.83 bits per heavy atom. The van der Waals surface area contributed by atoms with Gasteiger partial charge in [-0.3, -0.25) is 4.79 Å². The predicted octanol–water partition coefficient (Wildman–Crippen LogP) is 2.72. The van der Waals surface area contributed by atoms with Crippen molar-refractivity contribution < 1.29 is 14.1 Å². The molecular formula is C14H13NO3. The maximum atomic E-state index is 12.6. The van der Waals surface area contributed by atoms with Crippen molar-refractivity contribution in [3.63, 3.8) is 0 Å². The van der Waals surface area contributed by atoms with Gasteiger partial charge in [-0.1, -0.05) is 17.3 Å². The average Bonchev–Trinajstić information content (AvgIpc) is 2.62. The fraction of sp³-hybridized carbons (Fsp3) is 0.286. The van der Waals surface area contributed by atoms with Crippen LogP contribution >= 0.6 is 0 Å². The van der Waals surface area contributed by atoms with E-state index < -0.39 is 0 Å². The van der Waals surface area contributed by atoms with Crippen molar-refractivity contribution in [3.8, 4) is 5.75 Å². The first kappa shape index (κ1) is 11.0. The van der Waals surface area contributed by atoms with Crippen molar-refractivity contribution in [1.29, 1.82) is 0 Å². The molecule has 0 amide bonds. The summed E-state index contributed by atoms with van der Waals surface area (Å²) in [5.41, 5.74) is 3.66. The first-order chi connectivity index (χ1) is 8.59. The molecule has 4 heteroatoms. The zero-order valence-electron chi connectivity index (χ0n) is 10.5. The topological polar surface area (TPSA) is 52.3 Å². The van der Waals surface area contributed by atoms with Gasteiger partial charge in [-0.25, -0.2) is 0 Å². The van der Waals surface area contributed by atoms with E-state index in [0.29, 0.717) is 28.3 Å². The summed E-state index contributed by atoms with van der Waals surface area (Å²) < 4.78 is 10.9. The van der Waals surface area contributed by atoms with Gasteiger partial charge < -0.3 is 9.26 Å². The van der Waals surface area contributed by atoms with Crippen molar-refractivity contribution in [3.05, 3.63) is 45.8 Å². The highest BCUT2D eigenvalue weighted by atomic mass is 16.5. The van der Waals surface area contributed by atoms with Gasteiger partial charge in [0, 0.05) is 0 Å². The summed E-state index contributed by atoms with van der Waals surface area (Å²) in [5, 5.41) is 3.84. The Morgan fingerprint density at radius 3 is 2.61 bits per heavy atom. The maximum Gasteiger partial charge on any atom is 0.202 e. The molecule has 0 saturated carbocycles. The first-order valence-electron chi connectivity index (χ1n) is 5.82. The molecule has 0 spiro atoms. The molecule has 1 aliphatic heterocycles. The molecule has 0 aliphatic carbocycles. The highest BCUT2D eigenvalue weighted by molar-refractivity contribution is 6.13. The standard InChI is InChI=1S/C14H13NO3/c1-7-4-5-8(2)14-11(7)13(16)12-9(3)15-18-10(12)6-17-14/h4-5H,6H2,1-3H3. The monoisotopic (exact) mass is 243 g/mol. The van der Waals surface area contributed by atoms with Crippen LogP contribution in [0.1, 0.15) is 38.5 Å². The van der Waals surface area contributed by atoms with Crippen molar-refractivity contribution in [2.45, 2.75) is 27.4 Å². The van der Waals surface area contributed by atoms with Gasteiger partial charge in [-0.15, -0.1) is 0 Å². The predicted molar refractivity (Wildman–Crippen MR) is 64.9 cm³/mol. The van der Waals surface area contributed by atoms with Gasteiger partial charge in [-0.2, -0.15) is 0 Å². The van der Waals surface area contributed by atoms with E-state index in [2.05, 4.69) is 5.16 Å². The quantitative estimate of drug-likeness (QED) is 0.713. The molecule has 2 aromatic rings. The number of hydrogen-bond acceptors (Lipinski definition) is 4. The Labute approximate surface area is 105 Å². The van der Waals surface area contributed by atoms with Crippen LogP contribution in [0.25, 0.3) is 0 Å². The molecule has 1 aromatic heterocycles. The van der Waals surface area contributed by atoms with Gasteiger partial charge in [0.25, 0.3) is 0 Å². The van der Waals surface area contributed by atoms with Crippen LogP contribution in [-0.4, -0.2) is 10.9 Å². The lowest BCUT2D eigenvalue weighted by molar-refractivity contribution is 0.103. The first-order valence-corrected chi connectivity index (χ1v) is 5.82. The second-order valence-corrected chi connectivity index (χ2v) is 4.59. The molecule has 0 fully saturated rings. The third kappa shape index (κ3) is 1.38. The number of aryl methyl sites for hydroxylation is 3. The van der Waals surface area contributed by atoms with Crippen LogP contribution in [0, 0.1) is 20.8 Å². The third-order valence-electron chi connectivity index (χ3n) is 3.30. The number of rotatable bonds is 0. The molecule has 18 heavy (non-hydrogen) atoms. The van der Waals surface area contributed by atoms with E-state index in [1.807, 2.05) is 26.0 Å². The lowest BCUT2D eigenvalue weighted by Crippen LogP contribution is -2.06. The summed E-state index contributed by atoms with van der Waals surface area (Å²) in [4.78, 5) is 12.6. The smallest absolute Gasteiger partial charge is 0.202 e. The van der Waals surface area contributed by atoms with Crippen molar-refractivity contribution in [1.82, 2.24) is 5.16 Å². The number of benzene rings is 1. The van der Waals surface area contributed by atoms with E-state index in [9.17, 15) is 4.79 Å². The number of carbonyl (C=O) groups is 1. The Hall–Kier alpha value is -2.10. The van der Waals surface area contributed by atoms with Gasteiger partial charge >= 0.3 is 0 Å². The molecule has 1 aliphatic rings. The average molecular weight is 243 g/mol. The molecule has 0 N–H and O–H groups in total. The zero-order chi connectivity index (χ0) is 12.9. The highest BCUT2D eigenvalue weighted by Gasteiger charge is 2.30. The molecule has 1 aromatic carbocycles.